The Labute approximate surface area is 98.5 Å². The van der Waals surface area contributed by atoms with Crippen molar-refractivity contribution in [1.82, 2.24) is 0 Å². The van der Waals surface area contributed by atoms with Gasteiger partial charge in [-0.05, 0) is 37.7 Å². The first-order chi connectivity index (χ1) is 7.74. The van der Waals surface area contributed by atoms with Crippen molar-refractivity contribution in [1.29, 1.82) is 0 Å². The topological polar surface area (TPSA) is 20.2 Å². The highest BCUT2D eigenvalue weighted by atomic mass is 16.3. The van der Waals surface area contributed by atoms with Crippen LogP contribution in [0.1, 0.15) is 43.2 Å². The van der Waals surface area contributed by atoms with Gasteiger partial charge < -0.3 is 5.11 Å². The van der Waals surface area contributed by atoms with Crippen LogP contribution < -0.4 is 0 Å². The van der Waals surface area contributed by atoms with Gasteiger partial charge in [0.15, 0.2) is 0 Å². The van der Waals surface area contributed by atoms with E-state index in [1.54, 1.807) is 0 Å². The van der Waals surface area contributed by atoms with E-state index in [0.717, 1.165) is 25.2 Å². The zero-order valence-electron chi connectivity index (χ0n) is 10.2. The number of rotatable bonds is 5. The summed E-state index contributed by atoms with van der Waals surface area (Å²) in [6.45, 7) is 2.12. The zero-order valence-corrected chi connectivity index (χ0v) is 10.2. The lowest BCUT2D eigenvalue weighted by Gasteiger charge is -2.27. The minimum atomic E-state index is -0.0918. The molecule has 0 amide bonds. The van der Waals surface area contributed by atoms with Crippen molar-refractivity contribution in [3.8, 4) is 0 Å². The molecule has 0 radical (unpaired) electrons. The summed E-state index contributed by atoms with van der Waals surface area (Å²) in [5.74, 6) is 0.813. The highest BCUT2D eigenvalue weighted by molar-refractivity contribution is 5.22. The third-order valence-corrected chi connectivity index (χ3v) is 3.68. The van der Waals surface area contributed by atoms with Crippen LogP contribution in [0.4, 0.5) is 0 Å². The first kappa shape index (κ1) is 11.7. The molecule has 0 saturated heterocycles. The third-order valence-electron chi connectivity index (χ3n) is 3.68. The Balaban J connectivity index is 1.73. The molecule has 1 unspecified atom stereocenters. The first-order valence-electron chi connectivity index (χ1n) is 6.47. The van der Waals surface area contributed by atoms with Gasteiger partial charge in [0.1, 0.15) is 0 Å². The van der Waals surface area contributed by atoms with Crippen molar-refractivity contribution < 1.29 is 5.11 Å². The molecule has 16 heavy (non-hydrogen) atoms. The maximum atomic E-state index is 9.92. The molecule has 1 aliphatic carbocycles. The van der Waals surface area contributed by atoms with Crippen LogP contribution in [0, 0.1) is 12.8 Å². The predicted molar refractivity (Wildman–Crippen MR) is 67.5 cm³/mol. The highest BCUT2D eigenvalue weighted by Crippen LogP contribution is 2.31. The van der Waals surface area contributed by atoms with Crippen LogP contribution in [0.3, 0.4) is 0 Å². The maximum Gasteiger partial charge on any atom is 0.0546 e. The molecule has 1 aliphatic rings. The Morgan fingerprint density at radius 3 is 2.81 bits per heavy atom. The summed E-state index contributed by atoms with van der Waals surface area (Å²) in [4.78, 5) is 0. The molecule has 1 heteroatoms. The largest absolute Gasteiger partial charge is 0.393 e. The molecule has 1 fully saturated rings. The molecule has 1 aromatic carbocycles. The van der Waals surface area contributed by atoms with Crippen LogP contribution in [0.2, 0.25) is 0 Å². The normalized spacial score (nSPS) is 18.1. The van der Waals surface area contributed by atoms with Crippen molar-refractivity contribution >= 4 is 0 Å². The molecule has 1 nitrogen and oxygen atoms in total. The smallest absolute Gasteiger partial charge is 0.0546 e. The fourth-order valence-electron chi connectivity index (χ4n) is 2.43. The lowest BCUT2D eigenvalue weighted by molar-refractivity contribution is 0.110. The number of benzene rings is 1. The van der Waals surface area contributed by atoms with Crippen LogP contribution in [0.25, 0.3) is 0 Å². The minimum absolute atomic E-state index is 0.0918. The van der Waals surface area contributed by atoms with Gasteiger partial charge in [0.2, 0.25) is 0 Å². The van der Waals surface area contributed by atoms with E-state index in [1.165, 1.54) is 30.4 Å². The van der Waals surface area contributed by atoms with Gasteiger partial charge in [0, 0.05) is 0 Å². The van der Waals surface area contributed by atoms with Gasteiger partial charge in [0.05, 0.1) is 6.10 Å². The van der Waals surface area contributed by atoms with Crippen LogP contribution >= 0.6 is 0 Å². The predicted octanol–water partition coefficient (Wildman–Crippen LogP) is 3.48. The van der Waals surface area contributed by atoms with Gasteiger partial charge in [-0.25, -0.2) is 0 Å². The molecule has 2 rings (SSSR count). The maximum absolute atomic E-state index is 9.92. The number of aliphatic hydroxyl groups is 1. The summed E-state index contributed by atoms with van der Waals surface area (Å²) < 4.78 is 0. The summed E-state index contributed by atoms with van der Waals surface area (Å²) in [7, 11) is 0. The summed E-state index contributed by atoms with van der Waals surface area (Å²) in [5, 5.41) is 9.92. The molecular weight excluding hydrogens is 196 g/mol. The molecule has 1 N–H and O–H groups in total. The average Bonchev–Trinajstić information content (AvgIpc) is 2.21. The molecule has 1 aromatic rings. The molecule has 0 bridgehead atoms. The fourth-order valence-corrected chi connectivity index (χ4v) is 2.43. The Bertz CT molecular complexity index is 328. The molecule has 0 aliphatic heterocycles. The van der Waals surface area contributed by atoms with E-state index in [2.05, 4.69) is 31.2 Å². The molecule has 1 atom stereocenters. The van der Waals surface area contributed by atoms with E-state index in [-0.39, 0.29) is 6.10 Å². The van der Waals surface area contributed by atoms with Gasteiger partial charge in [-0.15, -0.1) is 0 Å². The number of aryl methyl sites for hydroxylation is 2. The Morgan fingerprint density at radius 2 is 2.19 bits per heavy atom. The van der Waals surface area contributed by atoms with Crippen LogP contribution in [-0.4, -0.2) is 11.2 Å². The quantitative estimate of drug-likeness (QED) is 0.802. The van der Waals surface area contributed by atoms with Crippen molar-refractivity contribution in [2.45, 2.75) is 51.6 Å². The lowest BCUT2D eigenvalue weighted by atomic mass is 9.80. The van der Waals surface area contributed by atoms with Crippen molar-refractivity contribution in [2.24, 2.45) is 5.92 Å². The molecule has 88 valence electrons. The molecule has 0 heterocycles. The minimum Gasteiger partial charge on any atom is -0.393 e. The molecule has 0 aromatic heterocycles. The Morgan fingerprint density at radius 1 is 1.38 bits per heavy atom. The van der Waals surface area contributed by atoms with E-state index in [4.69, 9.17) is 0 Å². The number of hydrogen-bond donors (Lipinski definition) is 1. The summed E-state index contributed by atoms with van der Waals surface area (Å²) in [6.07, 6.45) is 6.89. The third kappa shape index (κ3) is 3.34. The van der Waals surface area contributed by atoms with E-state index in [9.17, 15) is 5.11 Å². The van der Waals surface area contributed by atoms with Crippen molar-refractivity contribution in [2.75, 3.05) is 0 Å². The molecular formula is C15H22O. The van der Waals surface area contributed by atoms with Crippen LogP contribution in [-0.2, 0) is 6.42 Å². The Kier molecular flexibility index (Phi) is 4.00. The highest BCUT2D eigenvalue weighted by Gasteiger charge is 2.20. The molecule has 1 saturated carbocycles. The Hall–Kier alpha value is -0.820. The second-order valence-electron chi connectivity index (χ2n) is 5.21. The first-order valence-corrected chi connectivity index (χ1v) is 6.47. The number of aliphatic hydroxyl groups excluding tert-OH is 1. The van der Waals surface area contributed by atoms with E-state index in [1.807, 2.05) is 0 Å². The standard InChI is InChI=1S/C15H22O/c1-12-4-2-5-14(10-12)8-9-15(16)11-13-6-3-7-13/h2,4-5,10,13,15-16H,3,6-9,11H2,1H3. The number of hydrogen-bond acceptors (Lipinski definition) is 1. The van der Waals surface area contributed by atoms with E-state index in [0.29, 0.717) is 0 Å². The van der Waals surface area contributed by atoms with Crippen molar-refractivity contribution in [3.63, 3.8) is 0 Å². The van der Waals surface area contributed by atoms with Crippen LogP contribution in [0.5, 0.6) is 0 Å². The van der Waals surface area contributed by atoms with Crippen molar-refractivity contribution in [3.05, 3.63) is 35.4 Å². The summed E-state index contributed by atoms with van der Waals surface area (Å²) >= 11 is 0. The van der Waals surface area contributed by atoms with E-state index < -0.39 is 0 Å². The lowest BCUT2D eigenvalue weighted by Crippen LogP contribution is -2.19. The summed E-state index contributed by atoms with van der Waals surface area (Å²) in [6, 6.07) is 8.59. The second-order valence-corrected chi connectivity index (χ2v) is 5.21. The van der Waals surface area contributed by atoms with Crippen LogP contribution in [0.15, 0.2) is 24.3 Å². The monoisotopic (exact) mass is 218 g/mol. The second kappa shape index (κ2) is 5.49. The molecule has 0 spiro atoms. The van der Waals surface area contributed by atoms with Gasteiger partial charge in [-0.1, -0.05) is 49.1 Å². The van der Waals surface area contributed by atoms with Gasteiger partial charge in [0.25, 0.3) is 0 Å². The SMILES string of the molecule is Cc1cccc(CCC(O)CC2CCC2)c1. The average molecular weight is 218 g/mol. The summed E-state index contributed by atoms with van der Waals surface area (Å²) in [5.41, 5.74) is 2.67. The van der Waals surface area contributed by atoms with Gasteiger partial charge in [-0.2, -0.15) is 0 Å². The van der Waals surface area contributed by atoms with Gasteiger partial charge >= 0.3 is 0 Å². The zero-order chi connectivity index (χ0) is 11.4. The van der Waals surface area contributed by atoms with Gasteiger partial charge in [-0.3, -0.25) is 0 Å². The van der Waals surface area contributed by atoms with E-state index >= 15 is 0 Å². The fraction of sp³-hybridized carbons (Fsp3) is 0.600.